The lowest BCUT2D eigenvalue weighted by Crippen LogP contribution is -2.01. The molecule has 3 nitrogen and oxygen atoms in total. The second-order valence-corrected chi connectivity index (χ2v) is 5.00. The maximum atomic E-state index is 5.59. The van der Waals surface area contributed by atoms with Crippen LogP contribution in [0.2, 0.25) is 0 Å². The van der Waals surface area contributed by atoms with Crippen molar-refractivity contribution in [2.75, 3.05) is 6.61 Å². The van der Waals surface area contributed by atoms with Crippen molar-refractivity contribution in [1.82, 2.24) is 9.97 Å². The van der Waals surface area contributed by atoms with Gasteiger partial charge in [-0.15, -0.1) is 0 Å². The Morgan fingerprint density at radius 2 is 1.82 bits per heavy atom. The van der Waals surface area contributed by atoms with Gasteiger partial charge in [-0.2, -0.15) is 4.98 Å². The van der Waals surface area contributed by atoms with Gasteiger partial charge in [0.1, 0.15) is 10.4 Å². The van der Waals surface area contributed by atoms with E-state index < -0.39 is 0 Å². The number of hydrogen-bond donors (Lipinski definition) is 0. The Morgan fingerprint density at radius 1 is 1.12 bits per heavy atom. The summed E-state index contributed by atoms with van der Waals surface area (Å²) in [5, 5.41) is 0. The van der Waals surface area contributed by atoms with E-state index >= 15 is 0 Å². The first kappa shape index (κ1) is 14.4. The molecule has 0 aromatic carbocycles. The number of rotatable bonds is 8. The van der Waals surface area contributed by atoms with Gasteiger partial charge in [0.25, 0.3) is 0 Å². The van der Waals surface area contributed by atoms with Crippen LogP contribution < -0.4 is 4.74 Å². The first-order valence-corrected chi connectivity index (χ1v) is 7.15. The number of nitrogens with zero attached hydrogens (tertiary/aromatic N) is 2. The molecule has 4 heteroatoms. The Labute approximate surface area is 112 Å². The van der Waals surface area contributed by atoms with Crippen molar-refractivity contribution < 1.29 is 4.74 Å². The minimum atomic E-state index is 0.665. The van der Waals surface area contributed by atoms with Gasteiger partial charge in [-0.25, -0.2) is 4.98 Å². The number of unbranched alkanes of at least 4 members (excludes halogenated alkanes) is 5. The highest BCUT2D eigenvalue weighted by atomic mass is 79.9. The van der Waals surface area contributed by atoms with E-state index in [2.05, 4.69) is 32.8 Å². The van der Waals surface area contributed by atoms with E-state index in [0.29, 0.717) is 5.88 Å². The number of aromatic nitrogens is 2. The zero-order valence-corrected chi connectivity index (χ0v) is 12.3. The second-order valence-electron chi connectivity index (χ2n) is 4.19. The van der Waals surface area contributed by atoms with Crippen LogP contribution in [0.25, 0.3) is 0 Å². The fraction of sp³-hybridized carbons (Fsp3) is 0.692. The first-order valence-electron chi connectivity index (χ1n) is 6.36. The minimum Gasteiger partial charge on any atom is -0.478 e. The quantitative estimate of drug-likeness (QED) is 0.531. The molecule has 0 aliphatic rings. The lowest BCUT2D eigenvalue weighted by Gasteiger charge is -2.06. The van der Waals surface area contributed by atoms with Crippen LogP contribution in [0.5, 0.6) is 5.88 Å². The topological polar surface area (TPSA) is 35.0 Å². The molecule has 0 spiro atoms. The van der Waals surface area contributed by atoms with Crippen molar-refractivity contribution in [3.63, 3.8) is 0 Å². The van der Waals surface area contributed by atoms with Crippen LogP contribution in [0.1, 0.15) is 51.3 Å². The molecule has 17 heavy (non-hydrogen) atoms. The van der Waals surface area contributed by atoms with Gasteiger partial charge in [-0.05, 0) is 29.3 Å². The van der Waals surface area contributed by atoms with Crippen LogP contribution in [0.3, 0.4) is 0 Å². The minimum absolute atomic E-state index is 0.665. The molecular formula is C13H21BrN2O. The van der Waals surface area contributed by atoms with Gasteiger partial charge in [-0.1, -0.05) is 39.0 Å². The van der Waals surface area contributed by atoms with Gasteiger partial charge in [0.15, 0.2) is 0 Å². The standard InChI is InChI=1S/C13H21BrN2O/c1-3-4-5-6-7-8-9-17-13-10-12(14)15-11(2)16-13/h10H,3-9H2,1-2H3. The van der Waals surface area contributed by atoms with E-state index in [1.54, 1.807) is 0 Å². The molecule has 0 aliphatic heterocycles. The summed E-state index contributed by atoms with van der Waals surface area (Å²) in [6.45, 7) is 4.84. The van der Waals surface area contributed by atoms with E-state index in [9.17, 15) is 0 Å². The van der Waals surface area contributed by atoms with Gasteiger partial charge in [-0.3, -0.25) is 0 Å². The molecule has 0 atom stereocenters. The Hall–Kier alpha value is -0.640. The average Bonchev–Trinajstić information content (AvgIpc) is 2.26. The highest BCUT2D eigenvalue weighted by Gasteiger charge is 2.00. The van der Waals surface area contributed by atoms with Crippen molar-refractivity contribution in [1.29, 1.82) is 0 Å². The smallest absolute Gasteiger partial charge is 0.217 e. The fourth-order valence-corrected chi connectivity index (χ4v) is 2.09. The molecule has 0 radical (unpaired) electrons. The number of aryl methyl sites for hydroxylation is 1. The summed E-state index contributed by atoms with van der Waals surface area (Å²) < 4.78 is 6.37. The third-order valence-electron chi connectivity index (χ3n) is 2.53. The SMILES string of the molecule is CCCCCCCCOc1cc(Br)nc(C)n1. The summed E-state index contributed by atoms with van der Waals surface area (Å²) >= 11 is 3.33. The fourth-order valence-electron chi connectivity index (χ4n) is 1.64. The summed E-state index contributed by atoms with van der Waals surface area (Å²) in [6.07, 6.45) is 7.64. The third kappa shape index (κ3) is 6.61. The van der Waals surface area contributed by atoms with E-state index in [0.717, 1.165) is 23.5 Å². The molecule has 0 bridgehead atoms. The van der Waals surface area contributed by atoms with Crippen molar-refractivity contribution in [2.45, 2.75) is 52.4 Å². The van der Waals surface area contributed by atoms with Crippen molar-refractivity contribution in [2.24, 2.45) is 0 Å². The van der Waals surface area contributed by atoms with Crippen LogP contribution in [0, 0.1) is 6.92 Å². The second kappa shape index (κ2) is 8.45. The zero-order chi connectivity index (χ0) is 12.5. The van der Waals surface area contributed by atoms with Crippen molar-refractivity contribution in [3.05, 3.63) is 16.5 Å². The van der Waals surface area contributed by atoms with E-state index in [1.807, 2.05) is 13.0 Å². The lowest BCUT2D eigenvalue weighted by atomic mass is 10.1. The molecule has 1 aromatic heterocycles. The number of ether oxygens (including phenoxy) is 1. The van der Waals surface area contributed by atoms with E-state index in [1.165, 1.54) is 32.1 Å². The largest absolute Gasteiger partial charge is 0.478 e. The molecule has 1 aromatic rings. The van der Waals surface area contributed by atoms with E-state index in [4.69, 9.17) is 4.74 Å². The monoisotopic (exact) mass is 300 g/mol. The van der Waals surface area contributed by atoms with Crippen LogP contribution in [-0.2, 0) is 0 Å². The molecule has 1 heterocycles. The van der Waals surface area contributed by atoms with Gasteiger partial charge in [0.2, 0.25) is 5.88 Å². The summed E-state index contributed by atoms with van der Waals surface area (Å²) in [6, 6.07) is 1.81. The van der Waals surface area contributed by atoms with Crippen LogP contribution in [0.15, 0.2) is 10.7 Å². The van der Waals surface area contributed by atoms with Gasteiger partial charge in [0, 0.05) is 6.07 Å². The van der Waals surface area contributed by atoms with Crippen LogP contribution in [-0.4, -0.2) is 16.6 Å². The number of halogens is 1. The van der Waals surface area contributed by atoms with Crippen molar-refractivity contribution >= 4 is 15.9 Å². The normalized spacial score (nSPS) is 10.5. The highest BCUT2D eigenvalue weighted by Crippen LogP contribution is 2.14. The highest BCUT2D eigenvalue weighted by molar-refractivity contribution is 9.10. The third-order valence-corrected chi connectivity index (χ3v) is 2.94. The Bertz CT molecular complexity index is 311. The lowest BCUT2D eigenvalue weighted by molar-refractivity contribution is 0.291. The molecular weight excluding hydrogens is 280 g/mol. The molecule has 0 saturated carbocycles. The average molecular weight is 301 g/mol. The van der Waals surface area contributed by atoms with E-state index in [-0.39, 0.29) is 0 Å². The molecule has 0 unspecified atom stereocenters. The van der Waals surface area contributed by atoms with Crippen molar-refractivity contribution in [3.8, 4) is 5.88 Å². The molecule has 0 amide bonds. The molecule has 0 fully saturated rings. The summed E-state index contributed by atoms with van der Waals surface area (Å²) in [4.78, 5) is 8.36. The van der Waals surface area contributed by atoms with Gasteiger partial charge in [0.05, 0.1) is 6.61 Å². The zero-order valence-electron chi connectivity index (χ0n) is 10.7. The molecule has 96 valence electrons. The first-order chi connectivity index (χ1) is 8.22. The number of hydrogen-bond acceptors (Lipinski definition) is 3. The summed E-state index contributed by atoms with van der Waals surface area (Å²) in [5.41, 5.74) is 0. The molecule has 1 rings (SSSR count). The van der Waals surface area contributed by atoms with Gasteiger partial charge >= 0.3 is 0 Å². The predicted octanol–water partition coefficient (Wildman–Crippen LogP) is 4.29. The Morgan fingerprint density at radius 3 is 2.53 bits per heavy atom. The Kier molecular flexibility index (Phi) is 7.17. The predicted molar refractivity (Wildman–Crippen MR) is 73.3 cm³/mol. The summed E-state index contributed by atoms with van der Waals surface area (Å²) in [5.74, 6) is 1.40. The Balaban J connectivity index is 2.13. The summed E-state index contributed by atoms with van der Waals surface area (Å²) in [7, 11) is 0. The van der Waals surface area contributed by atoms with Crippen LogP contribution in [0.4, 0.5) is 0 Å². The maximum Gasteiger partial charge on any atom is 0.217 e. The maximum absolute atomic E-state index is 5.59. The molecule has 0 aliphatic carbocycles. The van der Waals surface area contributed by atoms with Crippen LogP contribution >= 0.6 is 15.9 Å². The molecule has 0 N–H and O–H groups in total. The molecule has 0 saturated heterocycles. The van der Waals surface area contributed by atoms with Gasteiger partial charge < -0.3 is 4.74 Å².